The summed E-state index contributed by atoms with van der Waals surface area (Å²) in [6.07, 6.45) is 1.23. The van der Waals surface area contributed by atoms with Gasteiger partial charge >= 0.3 is 5.97 Å². The van der Waals surface area contributed by atoms with E-state index in [1.807, 2.05) is 48.5 Å². The number of esters is 1. The van der Waals surface area contributed by atoms with Gasteiger partial charge in [-0.3, -0.25) is 4.98 Å². The number of hydrogen-bond donors (Lipinski definition) is 0. The van der Waals surface area contributed by atoms with Crippen LogP contribution in [0.4, 0.5) is 5.69 Å². The van der Waals surface area contributed by atoms with Gasteiger partial charge < -0.3 is 14.4 Å². The Morgan fingerprint density at radius 3 is 2.17 bits per heavy atom. The molecule has 1 aromatic heterocycles. The van der Waals surface area contributed by atoms with Crippen molar-refractivity contribution in [1.82, 2.24) is 4.98 Å². The molecule has 0 aliphatic carbocycles. The Morgan fingerprint density at radius 1 is 1.14 bits per heavy atom. The molecular formula is C23H37IN2O3. The van der Waals surface area contributed by atoms with Gasteiger partial charge in [0.05, 0.1) is 26.7 Å². The van der Waals surface area contributed by atoms with E-state index in [1.54, 1.807) is 0 Å². The largest absolute Gasteiger partial charge is 0.461 e. The summed E-state index contributed by atoms with van der Waals surface area (Å²) in [5, 5.41) is 0. The highest BCUT2D eigenvalue weighted by atomic mass is 127. The van der Waals surface area contributed by atoms with Crippen LogP contribution in [0.2, 0.25) is 0 Å². The number of piperidine rings is 1. The Hall–Kier alpha value is -0.890. The van der Waals surface area contributed by atoms with Gasteiger partial charge in [-0.15, -0.1) is 0 Å². The Kier molecular flexibility index (Phi) is 7.64. The van der Waals surface area contributed by atoms with Gasteiger partial charge in [0.25, 0.3) is 0 Å². The van der Waals surface area contributed by atoms with E-state index in [2.05, 4.69) is 41.3 Å². The first-order valence-electron chi connectivity index (χ1n) is 10.5. The Labute approximate surface area is 190 Å². The van der Waals surface area contributed by atoms with Gasteiger partial charge in [-0.25, -0.2) is 4.79 Å². The number of carbonyl (C=O) groups is 1. The van der Waals surface area contributed by atoms with Crippen LogP contribution in [0.15, 0.2) is 0 Å². The normalized spacial score (nSPS) is 18.1. The minimum atomic E-state index is -0.802. The van der Waals surface area contributed by atoms with E-state index >= 15 is 0 Å². The third-order valence-electron chi connectivity index (χ3n) is 5.24. The number of pyridine rings is 1. The molecule has 1 aliphatic rings. The molecule has 0 spiro atoms. The SMILES string of the molecule is Cc1nc(C)c([C@H](OC(C)(C)C)C(=O)OC(C)C)c(N2CCC(C)(C)CC2)c1I. The number of hydrogen-bond acceptors (Lipinski definition) is 5. The predicted octanol–water partition coefficient (Wildman–Crippen LogP) is 5.74. The predicted molar refractivity (Wildman–Crippen MR) is 126 cm³/mol. The summed E-state index contributed by atoms with van der Waals surface area (Å²) in [7, 11) is 0. The van der Waals surface area contributed by atoms with E-state index in [-0.39, 0.29) is 12.1 Å². The monoisotopic (exact) mass is 516 g/mol. The molecule has 164 valence electrons. The topological polar surface area (TPSA) is 51.7 Å². The smallest absolute Gasteiger partial charge is 0.340 e. The fourth-order valence-corrected chi connectivity index (χ4v) is 4.41. The molecule has 1 atom stereocenters. The van der Waals surface area contributed by atoms with Crippen molar-refractivity contribution in [3.05, 3.63) is 20.5 Å². The van der Waals surface area contributed by atoms with Crippen LogP contribution in [-0.4, -0.2) is 35.7 Å². The molecule has 0 amide bonds. The summed E-state index contributed by atoms with van der Waals surface area (Å²) in [5.74, 6) is -0.349. The zero-order valence-electron chi connectivity index (χ0n) is 19.5. The highest BCUT2D eigenvalue weighted by molar-refractivity contribution is 14.1. The summed E-state index contributed by atoms with van der Waals surface area (Å²) < 4.78 is 13.0. The molecular weight excluding hydrogens is 479 g/mol. The van der Waals surface area contributed by atoms with Crippen molar-refractivity contribution in [2.45, 2.75) is 93.0 Å². The number of halogens is 1. The Morgan fingerprint density at radius 2 is 1.69 bits per heavy atom. The van der Waals surface area contributed by atoms with Crippen molar-refractivity contribution in [3.63, 3.8) is 0 Å². The molecule has 1 fully saturated rings. The molecule has 2 heterocycles. The second kappa shape index (κ2) is 9.08. The number of nitrogens with zero attached hydrogens (tertiary/aromatic N) is 2. The lowest BCUT2D eigenvalue weighted by atomic mass is 9.82. The van der Waals surface area contributed by atoms with Gasteiger partial charge in [0.15, 0.2) is 6.10 Å². The van der Waals surface area contributed by atoms with Crippen LogP contribution < -0.4 is 4.90 Å². The summed E-state index contributed by atoms with van der Waals surface area (Å²) in [4.78, 5) is 20.3. The van der Waals surface area contributed by atoms with Crippen molar-refractivity contribution in [1.29, 1.82) is 0 Å². The van der Waals surface area contributed by atoms with Crippen molar-refractivity contribution >= 4 is 34.2 Å². The molecule has 0 saturated carbocycles. The van der Waals surface area contributed by atoms with E-state index in [0.717, 1.165) is 52.1 Å². The number of carbonyl (C=O) groups excluding carboxylic acids is 1. The highest BCUT2D eigenvalue weighted by Gasteiger charge is 2.37. The number of anilines is 1. The van der Waals surface area contributed by atoms with Crippen LogP contribution in [0.1, 0.15) is 84.4 Å². The van der Waals surface area contributed by atoms with Crippen LogP contribution in [-0.2, 0) is 14.3 Å². The van der Waals surface area contributed by atoms with E-state index in [1.165, 1.54) is 0 Å². The lowest BCUT2D eigenvalue weighted by Gasteiger charge is -2.40. The molecule has 1 aromatic rings. The Bertz CT molecular complexity index is 743. The highest BCUT2D eigenvalue weighted by Crippen LogP contribution is 2.41. The lowest BCUT2D eigenvalue weighted by molar-refractivity contribution is -0.171. The number of rotatable bonds is 5. The molecule has 1 saturated heterocycles. The van der Waals surface area contributed by atoms with Gasteiger partial charge in [0, 0.05) is 24.3 Å². The van der Waals surface area contributed by atoms with Crippen molar-refractivity contribution in [2.75, 3.05) is 18.0 Å². The maximum atomic E-state index is 13.1. The van der Waals surface area contributed by atoms with Gasteiger partial charge in [0.1, 0.15) is 0 Å². The molecule has 29 heavy (non-hydrogen) atoms. The van der Waals surface area contributed by atoms with Gasteiger partial charge in [-0.2, -0.15) is 0 Å². The molecule has 5 nitrogen and oxygen atoms in total. The van der Waals surface area contributed by atoms with Crippen molar-refractivity contribution in [2.24, 2.45) is 5.41 Å². The van der Waals surface area contributed by atoms with Gasteiger partial charge in [-0.05, 0) is 89.3 Å². The van der Waals surface area contributed by atoms with Crippen molar-refractivity contribution < 1.29 is 14.3 Å². The first-order chi connectivity index (χ1) is 13.2. The first kappa shape index (κ1) is 24.4. The second-order valence-electron chi connectivity index (χ2n) is 10.1. The molecule has 6 heteroatoms. The third-order valence-corrected chi connectivity index (χ3v) is 6.53. The third kappa shape index (κ3) is 6.29. The van der Waals surface area contributed by atoms with E-state index in [0.29, 0.717) is 5.41 Å². The van der Waals surface area contributed by atoms with Gasteiger partial charge in [-0.1, -0.05) is 13.8 Å². The minimum Gasteiger partial charge on any atom is -0.461 e. The van der Waals surface area contributed by atoms with Crippen LogP contribution in [0.25, 0.3) is 0 Å². The van der Waals surface area contributed by atoms with E-state index < -0.39 is 11.7 Å². The van der Waals surface area contributed by atoms with Crippen LogP contribution >= 0.6 is 22.6 Å². The fraction of sp³-hybridized carbons (Fsp3) is 0.739. The average molecular weight is 516 g/mol. The average Bonchev–Trinajstić information content (AvgIpc) is 2.55. The summed E-state index contributed by atoms with van der Waals surface area (Å²) >= 11 is 2.37. The number of aromatic nitrogens is 1. The molecule has 0 bridgehead atoms. The molecule has 1 aliphatic heterocycles. The maximum Gasteiger partial charge on any atom is 0.340 e. The zero-order valence-corrected chi connectivity index (χ0v) is 21.6. The van der Waals surface area contributed by atoms with Gasteiger partial charge in [0.2, 0.25) is 0 Å². The van der Waals surface area contributed by atoms with Crippen LogP contribution in [0.5, 0.6) is 0 Å². The molecule has 0 radical (unpaired) electrons. The fourth-order valence-electron chi connectivity index (χ4n) is 3.65. The molecule has 0 aromatic carbocycles. The quantitative estimate of drug-likeness (QED) is 0.369. The number of ether oxygens (including phenoxy) is 2. The van der Waals surface area contributed by atoms with Crippen molar-refractivity contribution in [3.8, 4) is 0 Å². The Balaban J connectivity index is 2.60. The molecule has 0 N–H and O–H groups in total. The van der Waals surface area contributed by atoms with Crippen LogP contribution in [0, 0.1) is 22.8 Å². The first-order valence-corrected chi connectivity index (χ1v) is 11.6. The molecule has 0 unspecified atom stereocenters. The van der Waals surface area contributed by atoms with E-state index in [4.69, 9.17) is 14.5 Å². The summed E-state index contributed by atoms with van der Waals surface area (Å²) in [5.41, 5.74) is 3.60. The minimum absolute atomic E-state index is 0.203. The summed E-state index contributed by atoms with van der Waals surface area (Å²) in [6.45, 7) is 20.2. The molecule has 2 rings (SSSR count). The maximum absolute atomic E-state index is 13.1. The zero-order chi connectivity index (χ0) is 22.1. The van der Waals surface area contributed by atoms with E-state index in [9.17, 15) is 4.79 Å². The number of aryl methyl sites for hydroxylation is 2. The van der Waals surface area contributed by atoms with Crippen LogP contribution in [0.3, 0.4) is 0 Å². The lowest BCUT2D eigenvalue weighted by Crippen LogP contribution is -2.40. The second-order valence-corrected chi connectivity index (χ2v) is 11.2. The standard InChI is InChI=1S/C23H37IN2O3/c1-14(2)28-21(27)20(29-22(5,6)7)17-15(3)25-16(4)18(24)19(17)26-12-10-23(8,9)11-13-26/h14,20H,10-13H2,1-9H3/t20-/m0/s1. The summed E-state index contributed by atoms with van der Waals surface area (Å²) in [6, 6.07) is 0.